The number of carbonyl (C=O) groups excluding carboxylic acids is 1. The largest absolute Gasteiger partial charge is 0.352 e. The number of hydroxylamine groups is 1. The first kappa shape index (κ1) is 24.6. The highest BCUT2D eigenvalue weighted by Gasteiger charge is 2.20. The summed E-state index contributed by atoms with van der Waals surface area (Å²) < 4.78 is 65.6. The number of benzene rings is 1. The molecule has 1 unspecified atom stereocenters. The van der Waals surface area contributed by atoms with Crippen LogP contribution in [0.3, 0.4) is 0 Å². The van der Waals surface area contributed by atoms with Crippen molar-refractivity contribution in [3.63, 3.8) is 0 Å². The summed E-state index contributed by atoms with van der Waals surface area (Å²) in [6, 6.07) is 2.21. The number of sulfonamides is 1. The summed E-state index contributed by atoms with van der Waals surface area (Å²) in [6.45, 7) is 1.59. The summed E-state index contributed by atoms with van der Waals surface area (Å²) in [5.41, 5.74) is 0.694. The molecular formula is C15H17F3N6O5S2. The van der Waals surface area contributed by atoms with Gasteiger partial charge in [0.1, 0.15) is 11.6 Å². The van der Waals surface area contributed by atoms with Crippen molar-refractivity contribution >= 4 is 39.2 Å². The molecular weight excluding hydrogens is 465 g/mol. The Balaban J connectivity index is 2.13. The number of rotatable bonds is 9. The fourth-order valence-corrected chi connectivity index (χ4v) is 3.49. The molecule has 0 spiro atoms. The minimum atomic E-state index is -3.97. The van der Waals surface area contributed by atoms with Gasteiger partial charge in [-0.05, 0) is 35.4 Å². The van der Waals surface area contributed by atoms with Crippen LogP contribution in [0, 0.1) is 5.82 Å². The van der Waals surface area contributed by atoms with Crippen molar-refractivity contribution in [2.24, 2.45) is 10.1 Å². The molecule has 0 radical (unpaired) electrons. The lowest BCUT2D eigenvalue weighted by molar-refractivity contribution is -0.119. The van der Waals surface area contributed by atoms with Crippen molar-refractivity contribution in [1.29, 1.82) is 0 Å². The molecule has 1 heterocycles. The Kier molecular flexibility index (Phi) is 8.37. The molecule has 0 fully saturated rings. The summed E-state index contributed by atoms with van der Waals surface area (Å²) in [7, 11) is -3.97. The van der Waals surface area contributed by atoms with E-state index < -0.39 is 45.5 Å². The van der Waals surface area contributed by atoms with E-state index in [0.29, 0.717) is 0 Å². The number of hydrogen-bond acceptors (Lipinski definition) is 9. The summed E-state index contributed by atoms with van der Waals surface area (Å²) in [6.07, 6.45) is -3.06. The Morgan fingerprint density at radius 1 is 1.39 bits per heavy atom. The topological polar surface area (TPSA) is 173 Å². The molecule has 16 heteroatoms. The minimum absolute atomic E-state index is 0.0847. The van der Waals surface area contributed by atoms with Crippen molar-refractivity contribution in [2.45, 2.75) is 24.4 Å². The van der Waals surface area contributed by atoms with Gasteiger partial charge in [0, 0.05) is 11.8 Å². The van der Waals surface area contributed by atoms with E-state index >= 15 is 0 Å². The molecule has 1 aromatic carbocycles. The normalized spacial score (nSPS) is 13.3. The predicted molar refractivity (Wildman–Crippen MR) is 103 cm³/mol. The third-order valence-electron chi connectivity index (χ3n) is 3.45. The second-order valence-corrected chi connectivity index (χ2v) is 8.71. The van der Waals surface area contributed by atoms with Crippen LogP contribution < -0.4 is 15.9 Å². The lowest BCUT2D eigenvalue weighted by Crippen LogP contribution is -2.39. The molecule has 0 aliphatic carbocycles. The first-order valence-electron chi connectivity index (χ1n) is 8.32. The Labute approximate surface area is 178 Å². The summed E-state index contributed by atoms with van der Waals surface area (Å²) >= 11 is 1.01. The van der Waals surface area contributed by atoms with Gasteiger partial charge in [-0.3, -0.25) is 15.5 Å². The van der Waals surface area contributed by atoms with Gasteiger partial charge in [-0.1, -0.05) is 11.8 Å². The third-order valence-corrected chi connectivity index (χ3v) is 5.33. The van der Waals surface area contributed by atoms with Gasteiger partial charge >= 0.3 is 0 Å². The molecule has 170 valence electrons. The van der Waals surface area contributed by atoms with Crippen LogP contribution in [0.15, 0.2) is 32.8 Å². The van der Waals surface area contributed by atoms with Gasteiger partial charge in [0.2, 0.25) is 15.9 Å². The van der Waals surface area contributed by atoms with Crippen molar-refractivity contribution < 1.29 is 36.2 Å². The summed E-state index contributed by atoms with van der Waals surface area (Å²) in [5, 5.41) is 23.9. The molecule has 2 rings (SSSR count). The average Bonchev–Trinajstić information content (AvgIpc) is 3.12. The molecule has 0 saturated carbocycles. The van der Waals surface area contributed by atoms with E-state index in [1.807, 2.05) is 0 Å². The summed E-state index contributed by atoms with van der Waals surface area (Å²) in [5.74, 6) is -2.91. The molecule has 5 N–H and O–H groups in total. The fourth-order valence-electron chi connectivity index (χ4n) is 2.19. The quantitative estimate of drug-likeness (QED) is 0.177. The van der Waals surface area contributed by atoms with Gasteiger partial charge < -0.3 is 5.32 Å². The minimum Gasteiger partial charge on any atom is -0.352 e. The van der Waals surface area contributed by atoms with Crippen LogP contribution in [0.4, 0.5) is 18.9 Å². The number of aromatic nitrogens is 2. The van der Waals surface area contributed by atoms with E-state index in [1.54, 1.807) is 12.4 Å². The number of alkyl halides is 2. The first-order chi connectivity index (χ1) is 14.5. The molecule has 0 aliphatic heterocycles. The van der Waals surface area contributed by atoms with Crippen molar-refractivity contribution in [3.05, 3.63) is 35.3 Å². The van der Waals surface area contributed by atoms with Crippen LogP contribution in [0.25, 0.3) is 0 Å². The van der Waals surface area contributed by atoms with Crippen molar-refractivity contribution in [2.75, 3.05) is 11.5 Å². The number of nitrogens with two attached hydrogens (primary N) is 1. The van der Waals surface area contributed by atoms with E-state index in [-0.39, 0.29) is 28.0 Å². The first-order valence-corrected chi connectivity index (χ1v) is 11.0. The van der Waals surface area contributed by atoms with Crippen LogP contribution in [0.5, 0.6) is 0 Å². The molecule has 1 atom stereocenters. The van der Waals surface area contributed by atoms with E-state index in [2.05, 4.69) is 25.3 Å². The highest BCUT2D eigenvalue weighted by atomic mass is 32.2. The van der Waals surface area contributed by atoms with Gasteiger partial charge in [-0.2, -0.15) is 0 Å². The van der Waals surface area contributed by atoms with Crippen molar-refractivity contribution in [1.82, 2.24) is 21.1 Å². The smallest absolute Gasteiger partial charge is 0.266 e. The number of primary sulfonamides is 1. The second-order valence-electron chi connectivity index (χ2n) is 6.08. The van der Waals surface area contributed by atoms with E-state index in [1.165, 1.54) is 0 Å². The SMILES string of the molecule is CC(CSc1nonc1C(=Nc1ccc(F)c(C(F)F)c1)NO)NC(=O)CS(N)(=O)=O. The Morgan fingerprint density at radius 2 is 2.10 bits per heavy atom. The third kappa shape index (κ3) is 7.50. The van der Waals surface area contributed by atoms with Crippen LogP contribution in [-0.4, -0.2) is 53.2 Å². The van der Waals surface area contributed by atoms with Crippen LogP contribution in [0.1, 0.15) is 24.6 Å². The molecule has 2 aromatic rings. The highest BCUT2D eigenvalue weighted by Crippen LogP contribution is 2.27. The lowest BCUT2D eigenvalue weighted by atomic mass is 10.2. The number of carbonyl (C=O) groups is 1. The van der Waals surface area contributed by atoms with E-state index in [9.17, 15) is 31.6 Å². The van der Waals surface area contributed by atoms with Crippen LogP contribution in [0.2, 0.25) is 0 Å². The zero-order valence-corrected chi connectivity index (χ0v) is 17.4. The van der Waals surface area contributed by atoms with E-state index in [0.717, 1.165) is 30.0 Å². The molecule has 1 amide bonds. The Bertz CT molecular complexity index is 1060. The molecule has 11 nitrogen and oxygen atoms in total. The number of nitrogens with zero attached hydrogens (tertiary/aromatic N) is 3. The number of amidine groups is 1. The van der Waals surface area contributed by atoms with Gasteiger partial charge in [0.25, 0.3) is 6.43 Å². The maximum absolute atomic E-state index is 13.4. The highest BCUT2D eigenvalue weighted by molar-refractivity contribution is 7.99. The Hall–Kier alpha value is -2.69. The fraction of sp³-hybridized carbons (Fsp3) is 0.333. The van der Waals surface area contributed by atoms with Gasteiger partial charge in [0.05, 0.1) is 11.3 Å². The monoisotopic (exact) mass is 482 g/mol. The van der Waals surface area contributed by atoms with E-state index in [4.69, 9.17) is 5.14 Å². The summed E-state index contributed by atoms with van der Waals surface area (Å²) in [4.78, 5) is 15.5. The molecule has 0 saturated heterocycles. The predicted octanol–water partition coefficient (Wildman–Crippen LogP) is 1.09. The zero-order valence-electron chi connectivity index (χ0n) is 15.8. The maximum atomic E-state index is 13.4. The zero-order chi connectivity index (χ0) is 23.2. The van der Waals surface area contributed by atoms with Crippen LogP contribution in [-0.2, 0) is 14.8 Å². The number of aliphatic imine (C=N–C) groups is 1. The van der Waals surface area contributed by atoms with Gasteiger partial charge in [-0.15, -0.1) is 0 Å². The number of nitrogens with one attached hydrogen (secondary N) is 2. The average molecular weight is 482 g/mol. The second kappa shape index (κ2) is 10.6. The van der Waals surface area contributed by atoms with Gasteiger partial charge in [-0.25, -0.2) is 36.3 Å². The van der Waals surface area contributed by atoms with Crippen molar-refractivity contribution in [3.8, 4) is 0 Å². The molecule has 0 aliphatic rings. The number of thioether (sulfide) groups is 1. The number of hydrogen-bond donors (Lipinski definition) is 4. The van der Waals surface area contributed by atoms with Gasteiger partial charge in [0.15, 0.2) is 16.6 Å². The standard InChI is InChI=1S/C15H17F3N6O5S2/c1-7(20-11(25)6-31(19,27)28)5-30-15-12(23-29-24-15)14(22-26)21-8-2-3-10(16)9(4-8)13(17)18/h2-4,7,13,26H,5-6H2,1H3,(H,20,25)(H,21,22)(H2,19,27,28). The maximum Gasteiger partial charge on any atom is 0.266 e. The number of halogens is 3. The molecule has 0 bridgehead atoms. The van der Waals surface area contributed by atoms with Crippen LogP contribution >= 0.6 is 11.8 Å². The lowest BCUT2D eigenvalue weighted by Gasteiger charge is -2.12. The Morgan fingerprint density at radius 3 is 2.71 bits per heavy atom. The number of amides is 1. The molecule has 31 heavy (non-hydrogen) atoms. The molecule has 1 aromatic heterocycles.